The topological polar surface area (TPSA) is 32.3 Å². The fourth-order valence-electron chi connectivity index (χ4n) is 3.04. The molecule has 1 fully saturated rings. The van der Waals surface area contributed by atoms with Crippen LogP contribution in [0.15, 0.2) is 18.2 Å². The van der Waals surface area contributed by atoms with Gasteiger partial charge < -0.3 is 10.4 Å². The minimum absolute atomic E-state index is 0.280. The minimum Gasteiger partial charge on any atom is -0.396 e. The standard InChI is InChI=1S/C16H23Cl2NO/c17-14-8-7-12(11-15(14)18)13-5-1-2-6-16(13)19-9-3-4-10-20/h7-8,11,13,16,19-20H,1-6,9-10H2. The molecule has 1 saturated carbocycles. The summed E-state index contributed by atoms with van der Waals surface area (Å²) in [4.78, 5) is 0. The lowest BCUT2D eigenvalue weighted by Crippen LogP contribution is -2.37. The second-order valence-electron chi connectivity index (χ2n) is 5.56. The van der Waals surface area contributed by atoms with Crippen molar-refractivity contribution < 1.29 is 5.11 Å². The van der Waals surface area contributed by atoms with E-state index < -0.39 is 0 Å². The Morgan fingerprint density at radius 2 is 1.90 bits per heavy atom. The third kappa shape index (κ3) is 4.36. The van der Waals surface area contributed by atoms with Gasteiger partial charge in [-0.15, -0.1) is 0 Å². The molecule has 4 heteroatoms. The van der Waals surface area contributed by atoms with Crippen molar-refractivity contribution in [2.75, 3.05) is 13.2 Å². The lowest BCUT2D eigenvalue weighted by atomic mass is 9.80. The number of nitrogens with one attached hydrogen (secondary N) is 1. The van der Waals surface area contributed by atoms with Crippen molar-refractivity contribution in [1.82, 2.24) is 5.32 Å². The van der Waals surface area contributed by atoms with E-state index in [9.17, 15) is 0 Å². The quantitative estimate of drug-likeness (QED) is 0.763. The van der Waals surface area contributed by atoms with Crippen molar-refractivity contribution in [2.24, 2.45) is 0 Å². The van der Waals surface area contributed by atoms with Gasteiger partial charge in [0.25, 0.3) is 0 Å². The Morgan fingerprint density at radius 3 is 2.65 bits per heavy atom. The van der Waals surface area contributed by atoms with Crippen LogP contribution in [0.5, 0.6) is 0 Å². The van der Waals surface area contributed by atoms with Crippen LogP contribution < -0.4 is 5.32 Å². The van der Waals surface area contributed by atoms with Gasteiger partial charge in [0.05, 0.1) is 10.0 Å². The average Bonchev–Trinajstić information content (AvgIpc) is 2.47. The highest BCUT2D eigenvalue weighted by atomic mass is 35.5. The molecule has 0 radical (unpaired) electrons. The third-order valence-corrected chi connectivity index (χ3v) is 4.87. The molecule has 2 N–H and O–H groups in total. The van der Waals surface area contributed by atoms with E-state index in [1.54, 1.807) is 0 Å². The first kappa shape index (κ1) is 16.1. The number of hydrogen-bond donors (Lipinski definition) is 2. The summed E-state index contributed by atoms with van der Waals surface area (Å²) in [6.45, 7) is 1.26. The van der Waals surface area contributed by atoms with Crippen molar-refractivity contribution in [3.05, 3.63) is 33.8 Å². The second-order valence-corrected chi connectivity index (χ2v) is 6.37. The number of aliphatic hydroxyl groups is 1. The van der Waals surface area contributed by atoms with Crippen LogP contribution in [0.25, 0.3) is 0 Å². The molecule has 0 heterocycles. The molecule has 2 unspecified atom stereocenters. The highest BCUT2D eigenvalue weighted by molar-refractivity contribution is 6.42. The van der Waals surface area contributed by atoms with Crippen LogP contribution in [-0.4, -0.2) is 24.3 Å². The molecule has 1 aliphatic rings. The smallest absolute Gasteiger partial charge is 0.0595 e. The van der Waals surface area contributed by atoms with E-state index >= 15 is 0 Å². The molecule has 0 bridgehead atoms. The summed E-state index contributed by atoms with van der Waals surface area (Å²) >= 11 is 12.1. The molecule has 0 amide bonds. The number of rotatable bonds is 6. The first-order valence-electron chi connectivity index (χ1n) is 7.51. The maximum Gasteiger partial charge on any atom is 0.0595 e. The van der Waals surface area contributed by atoms with Crippen molar-refractivity contribution in [1.29, 1.82) is 0 Å². The lowest BCUT2D eigenvalue weighted by Gasteiger charge is -2.33. The molecule has 2 nitrogen and oxygen atoms in total. The van der Waals surface area contributed by atoms with E-state index in [1.807, 2.05) is 12.1 Å². The summed E-state index contributed by atoms with van der Waals surface area (Å²) < 4.78 is 0. The van der Waals surface area contributed by atoms with Gasteiger partial charge in [-0.1, -0.05) is 42.1 Å². The minimum atomic E-state index is 0.280. The first-order valence-corrected chi connectivity index (χ1v) is 8.27. The molecule has 0 aliphatic heterocycles. The molecule has 0 spiro atoms. The van der Waals surface area contributed by atoms with Gasteiger partial charge in [-0.05, 0) is 55.8 Å². The molecule has 0 aromatic heterocycles. The van der Waals surface area contributed by atoms with E-state index in [0.717, 1.165) is 19.4 Å². The van der Waals surface area contributed by atoms with Gasteiger partial charge in [0, 0.05) is 12.6 Å². The van der Waals surface area contributed by atoms with Gasteiger partial charge in [-0.3, -0.25) is 0 Å². The Bertz CT molecular complexity index is 425. The summed E-state index contributed by atoms with van der Waals surface area (Å²) in [5.74, 6) is 0.521. The zero-order valence-electron chi connectivity index (χ0n) is 11.7. The Morgan fingerprint density at radius 1 is 1.10 bits per heavy atom. The summed E-state index contributed by atoms with van der Waals surface area (Å²) in [6, 6.07) is 6.53. The maximum absolute atomic E-state index is 8.83. The van der Waals surface area contributed by atoms with E-state index in [-0.39, 0.29) is 6.61 Å². The fourth-order valence-corrected chi connectivity index (χ4v) is 3.35. The highest BCUT2D eigenvalue weighted by Crippen LogP contribution is 2.35. The number of benzene rings is 1. The molecule has 2 atom stereocenters. The highest BCUT2D eigenvalue weighted by Gasteiger charge is 2.26. The molecule has 20 heavy (non-hydrogen) atoms. The first-order chi connectivity index (χ1) is 9.72. The van der Waals surface area contributed by atoms with Crippen LogP contribution in [0, 0.1) is 0 Å². The molecular formula is C16H23Cl2NO. The van der Waals surface area contributed by atoms with Gasteiger partial charge in [-0.2, -0.15) is 0 Å². The van der Waals surface area contributed by atoms with E-state index in [0.29, 0.717) is 22.0 Å². The monoisotopic (exact) mass is 315 g/mol. The number of hydrogen-bond acceptors (Lipinski definition) is 2. The summed E-state index contributed by atoms with van der Waals surface area (Å²) in [5.41, 5.74) is 1.29. The number of halogens is 2. The van der Waals surface area contributed by atoms with Gasteiger partial charge in [0.2, 0.25) is 0 Å². The van der Waals surface area contributed by atoms with Crippen LogP contribution in [0.2, 0.25) is 10.0 Å². The van der Waals surface area contributed by atoms with Gasteiger partial charge >= 0.3 is 0 Å². The van der Waals surface area contributed by atoms with E-state index in [2.05, 4.69) is 11.4 Å². The van der Waals surface area contributed by atoms with Crippen molar-refractivity contribution >= 4 is 23.2 Å². The Balaban J connectivity index is 2.00. The van der Waals surface area contributed by atoms with Crippen LogP contribution in [-0.2, 0) is 0 Å². The van der Waals surface area contributed by atoms with Crippen molar-refractivity contribution in [2.45, 2.75) is 50.5 Å². The van der Waals surface area contributed by atoms with Gasteiger partial charge in [0.1, 0.15) is 0 Å². The third-order valence-electron chi connectivity index (χ3n) is 4.13. The van der Waals surface area contributed by atoms with E-state index in [1.165, 1.54) is 31.2 Å². The van der Waals surface area contributed by atoms with E-state index in [4.69, 9.17) is 28.3 Å². The molecule has 1 aromatic rings. The maximum atomic E-state index is 8.83. The summed E-state index contributed by atoms with van der Waals surface area (Å²) in [6.07, 6.45) is 6.88. The average molecular weight is 316 g/mol. The Labute approximate surface area is 131 Å². The van der Waals surface area contributed by atoms with Crippen LogP contribution in [0.4, 0.5) is 0 Å². The predicted molar refractivity (Wildman–Crippen MR) is 85.8 cm³/mol. The molecule has 0 saturated heterocycles. The number of aliphatic hydroxyl groups excluding tert-OH is 1. The lowest BCUT2D eigenvalue weighted by molar-refractivity contribution is 0.277. The van der Waals surface area contributed by atoms with Crippen molar-refractivity contribution in [3.8, 4) is 0 Å². The largest absolute Gasteiger partial charge is 0.396 e. The van der Waals surface area contributed by atoms with Crippen molar-refractivity contribution in [3.63, 3.8) is 0 Å². The Hall–Kier alpha value is -0.280. The zero-order valence-corrected chi connectivity index (χ0v) is 13.3. The molecule has 112 valence electrons. The second kappa shape index (κ2) is 8.23. The van der Waals surface area contributed by atoms with Crippen LogP contribution in [0.1, 0.15) is 50.0 Å². The molecule has 1 aromatic carbocycles. The Kier molecular flexibility index (Phi) is 6.63. The van der Waals surface area contributed by atoms with Gasteiger partial charge in [-0.25, -0.2) is 0 Å². The van der Waals surface area contributed by atoms with Gasteiger partial charge in [0.15, 0.2) is 0 Å². The molecule has 2 rings (SSSR count). The summed E-state index contributed by atoms with van der Waals surface area (Å²) in [7, 11) is 0. The number of unbranched alkanes of at least 4 members (excludes halogenated alkanes) is 1. The normalized spacial score (nSPS) is 22.9. The zero-order chi connectivity index (χ0) is 14.4. The predicted octanol–water partition coefficient (Wildman–Crippen LogP) is 4.38. The molecule has 1 aliphatic carbocycles. The molecular weight excluding hydrogens is 293 g/mol. The van der Waals surface area contributed by atoms with Crippen LogP contribution in [0.3, 0.4) is 0 Å². The van der Waals surface area contributed by atoms with Crippen LogP contribution >= 0.6 is 23.2 Å². The SMILES string of the molecule is OCCCCNC1CCCCC1c1ccc(Cl)c(Cl)c1. The summed E-state index contributed by atoms with van der Waals surface area (Å²) in [5, 5.41) is 13.8. The fraction of sp³-hybridized carbons (Fsp3) is 0.625.